The lowest BCUT2D eigenvalue weighted by molar-refractivity contribution is -0.139. The molecule has 0 atom stereocenters. The molecule has 7 heteroatoms. The first-order chi connectivity index (χ1) is 18.7. The smallest absolute Gasteiger partial charge is 0.341 e. The highest BCUT2D eigenvalue weighted by Gasteiger charge is 2.12. The molecule has 39 heavy (non-hydrogen) atoms. The van der Waals surface area contributed by atoms with Crippen LogP contribution in [0, 0.1) is 6.92 Å². The number of hydrogen-bond acceptors (Lipinski definition) is 7. The number of ether oxygens (including phenoxy) is 3. The summed E-state index contributed by atoms with van der Waals surface area (Å²) in [5.41, 5.74) is 4.23. The molecule has 0 amide bonds. The highest BCUT2D eigenvalue weighted by molar-refractivity contribution is 6.07. The Morgan fingerprint density at radius 1 is 0.872 bits per heavy atom. The summed E-state index contributed by atoms with van der Waals surface area (Å²) in [7, 11) is 0. The molecule has 0 radical (unpaired) electrons. The fraction of sp³-hybridized carbons (Fsp3) is 0.156. The SMILES string of the molecule is C=C(C)C(=O)OCCOc1ccc(-c2ccc(/C=C/C(=O)c3ccc(OC(=O)C(=C)CO)c(C)c3)cc2)cc1. The van der Waals surface area contributed by atoms with E-state index in [4.69, 9.17) is 19.3 Å². The lowest BCUT2D eigenvalue weighted by atomic mass is 10.0. The van der Waals surface area contributed by atoms with E-state index < -0.39 is 18.5 Å². The van der Waals surface area contributed by atoms with Crippen LogP contribution in [0.4, 0.5) is 0 Å². The van der Waals surface area contributed by atoms with E-state index >= 15 is 0 Å². The zero-order valence-electron chi connectivity index (χ0n) is 21.9. The Hall–Kier alpha value is -4.75. The zero-order valence-corrected chi connectivity index (χ0v) is 21.9. The van der Waals surface area contributed by atoms with Gasteiger partial charge in [-0.05, 0) is 72.5 Å². The third kappa shape index (κ3) is 8.38. The lowest BCUT2D eigenvalue weighted by Crippen LogP contribution is -2.13. The lowest BCUT2D eigenvalue weighted by Gasteiger charge is -2.09. The second-order valence-corrected chi connectivity index (χ2v) is 8.74. The fourth-order valence-electron chi connectivity index (χ4n) is 3.37. The summed E-state index contributed by atoms with van der Waals surface area (Å²) in [6, 6.07) is 20.1. The van der Waals surface area contributed by atoms with Gasteiger partial charge < -0.3 is 19.3 Å². The summed E-state index contributed by atoms with van der Waals surface area (Å²) < 4.78 is 15.8. The molecule has 0 spiro atoms. The van der Waals surface area contributed by atoms with Crippen LogP contribution in [0.1, 0.15) is 28.4 Å². The van der Waals surface area contributed by atoms with Gasteiger partial charge in [0.15, 0.2) is 5.78 Å². The number of ketones is 1. The van der Waals surface area contributed by atoms with Crippen LogP contribution in [0.5, 0.6) is 11.5 Å². The first-order valence-corrected chi connectivity index (χ1v) is 12.2. The van der Waals surface area contributed by atoms with E-state index in [-0.39, 0.29) is 24.6 Å². The molecule has 0 unspecified atom stereocenters. The van der Waals surface area contributed by atoms with Gasteiger partial charge in [-0.3, -0.25) is 4.79 Å². The summed E-state index contributed by atoms with van der Waals surface area (Å²) >= 11 is 0. The number of benzene rings is 3. The molecule has 0 aromatic heterocycles. The first-order valence-electron chi connectivity index (χ1n) is 12.2. The maximum Gasteiger partial charge on any atom is 0.341 e. The molecule has 0 heterocycles. The van der Waals surface area contributed by atoms with Gasteiger partial charge in [0.1, 0.15) is 24.7 Å². The van der Waals surface area contributed by atoms with Crippen molar-refractivity contribution in [2.45, 2.75) is 13.8 Å². The van der Waals surface area contributed by atoms with Crippen molar-refractivity contribution >= 4 is 23.8 Å². The second-order valence-electron chi connectivity index (χ2n) is 8.74. The molecule has 200 valence electrons. The van der Waals surface area contributed by atoms with E-state index in [0.717, 1.165) is 16.7 Å². The van der Waals surface area contributed by atoms with E-state index in [1.54, 1.807) is 38.1 Å². The molecule has 0 aliphatic heterocycles. The molecule has 0 saturated carbocycles. The third-order valence-electron chi connectivity index (χ3n) is 5.60. The van der Waals surface area contributed by atoms with E-state index in [1.165, 1.54) is 6.08 Å². The number of carbonyl (C=O) groups is 3. The Balaban J connectivity index is 1.55. The first kappa shape index (κ1) is 28.8. The Bertz CT molecular complexity index is 1400. The van der Waals surface area contributed by atoms with Gasteiger partial charge in [-0.15, -0.1) is 0 Å². The summed E-state index contributed by atoms with van der Waals surface area (Å²) in [5, 5.41) is 8.99. The predicted molar refractivity (Wildman–Crippen MR) is 150 cm³/mol. The van der Waals surface area contributed by atoms with Crippen molar-refractivity contribution in [3.05, 3.63) is 114 Å². The van der Waals surface area contributed by atoms with E-state index in [9.17, 15) is 14.4 Å². The monoisotopic (exact) mass is 526 g/mol. The molecule has 3 rings (SSSR count). The minimum atomic E-state index is -0.717. The molecule has 0 aliphatic carbocycles. The normalized spacial score (nSPS) is 10.6. The number of esters is 2. The number of hydrogen-bond donors (Lipinski definition) is 1. The largest absolute Gasteiger partial charge is 0.490 e. The van der Waals surface area contributed by atoms with Crippen LogP contribution in [0.15, 0.2) is 97.1 Å². The highest BCUT2D eigenvalue weighted by Crippen LogP contribution is 2.24. The number of rotatable bonds is 12. The molecule has 1 N–H and O–H groups in total. The quantitative estimate of drug-likeness (QED) is 0.109. The van der Waals surface area contributed by atoms with E-state index in [0.29, 0.717) is 28.2 Å². The maximum absolute atomic E-state index is 12.7. The van der Waals surface area contributed by atoms with E-state index in [2.05, 4.69) is 13.2 Å². The molecule has 3 aromatic carbocycles. The Morgan fingerprint density at radius 3 is 2.10 bits per heavy atom. The number of aryl methyl sites for hydroxylation is 1. The molecule has 0 fully saturated rings. The predicted octanol–water partition coefficient (Wildman–Crippen LogP) is 5.51. The average molecular weight is 527 g/mol. The average Bonchev–Trinajstić information content (AvgIpc) is 2.95. The molecule has 0 bridgehead atoms. The van der Waals surface area contributed by atoms with E-state index in [1.807, 2.05) is 48.5 Å². The van der Waals surface area contributed by atoms with Crippen LogP contribution in [-0.2, 0) is 14.3 Å². The van der Waals surface area contributed by atoms with Crippen molar-refractivity contribution < 1.29 is 33.7 Å². The van der Waals surface area contributed by atoms with Gasteiger partial charge in [-0.1, -0.05) is 55.6 Å². The van der Waals surface area contributed by atoms with Crippen LogP contribution in [0.3, 0.4) is 0 Å². The number of carbonyl (C=O) groups excluding carboxylic acids is 3. The summed E-state index contributed by atoms with van der Waals surface area (Å²) in [4.78, 5) is 35.8. The van der Waals surface area contributed by atoms with Gasteiger partial charge in [0, 0.05) is 11.1 Å². The van der Waals surface area contributed by atoms with Crippen molar-refractivity contribution in [3.63, 3.8) is 0 Å². The molecular weight excluding hydrogens is 496 g/mol. The molecular formula is C32H30O7. The van der Waals surface area contributed by atoms with Gasteiger partial charge in [0.05, 0.1) is 12.2 Å². The van der Waals surface area contributed by atoms with Gasteiger partial charge in [-0.25, -0.2) is 9.59 Å². The van der Waals surface area contributed by atoms with Crippen LogP contribution in [0.2, 0.25) is 0 Å². The van der Waals surface area contributed by atoms with Crippen LogP contribution < -0.4 is 9.47 Å². The Kier molecular flexibility index (Phi) is 10.1. The molecule has 7 nitrogen and oxygen atoms in total. The van der Waals surface area contributed by atoms with Gasteiger partial charge >= 0.3 is 11.9 Å². The number of aliphatic hydroxyl groups excluding tert-OH is 1. The number of aliphatic hydroxyl groups is 1. The molecule has 0 aliphatic rings. The van der Waals surface area contributed by atoms with Gasteiger partial charge in [0.25, 0.3) is 0 Å². The molecule has 0 saturated heterocycles. The second kappa shape index (κ2) is 13.7. The van der Waals surface area contributed by atoms with Gasteiger partial charge in [-0.2, -0.15) is 0 Å². The van der Waals surface area contributed by atoms with Crippen molar-refractivity contribution in [1.82, 2.24) is 0 Å². The number of allylic oxidation sites excluding steroid dienone is 1. The van der Waals surface area contributed by atoms with Crippen LogP contribution in [0.25, 0.3) is 17.2 Å². The maximum atomic E-state index is 12.7. The Labute approximate surface area is 227 Å². The third-order valence-corrected chi connectivity index (χ3v) is 5.60. The summed E-state index contributed by atoms with van der Waals surface area (Å²) in [6.45, 7) is 10.2. The van der Waals surface area contributed by atoms with Crippen LogP contribution in [-0.4, -0.2) is 42.6 Å². The van der Waals surface area contributed by atoms with Crippen molar-refractivity contribution in [2.75, 3.05) is 19.8 Å². The highest BCUT2D eigenvalue weighted by atomic mass is 16.6. The summed E-state index contributed by atoms with van der Waals surface area (Å²) in [5.74, 6) is -0.377. The van der Waals surface area contributed by atoms with Crippen molar-refractivity contribution in [2.24, 2.45) is 0 Å². The van der Waals surface area contributed by atoms with Crippen LogP contribution >= 0.6 is 0 Å². The van der Waals surface area contributed by atoms with Gasteiger partial charge in [0.2, 0.25) is 0 Å². The minimum Gasteiger partial charge on any atom is -0.490 e. The Morgan fingerprint density at radius 2 is 1.51 bits per heavy atom. The topological polar surface area (TPSA) is 99.1 Å². The zero-order chi connectivity index (χ0) is 28.4. The standard InChI is InChI=1S/C32H30O7/c1-21(2)31(35)38-18-17-37-28-13-10-26(11-14-28)25-8-5-24(6-9-25)7-15-29(34)27-12-16-30(22(3)19-27)39-32(36)23(4)20-33/h5-16,19,33H,1,4,17-18,20H2,2-3H3/b15-7+. The summed E-state index contributed by atoms with van der Waals surface area (Å²) in [6.07, 6.45) is 3.22. The van der Waals surface area contributed by atoms with Crippen molar-refractivity contribution in [1.29, 1.82) is 0 Å². The fourth-order valence-corrected chi connectivity index (χ4v) is 3.37. The van der Waals surface area contributed by atoms with Crippen molar-refractivity contribution in [3.8, 4) is 22.6 Å². The molecule has 3 aromatic rings. The minimum absolute atomic E-state index is 0.0507.